The zero-order chi connectivity index (χ0) is 20.5. The van der Waals surface area contributed by atoms with Gasteiger partial charge in [-0.25, -0.2) is 0 Å². The molecule has 0 fully saturated rings. The van der Waals surface area contributed by atoms with Crippen LogP contribution in [0.4, 0.5) is 0 Å². The number of hydrogen-bond donors (Lipinski definition) is 0. The molecule has 3 nitrogen and oxygen atoms in total. The Hall–Kier alpha value is -2.46. The Morgan fingerprint density at radius 1 is 0.931 bits per heavy atom. The lowest BCUT2D eigenvalue weighted by atomic mass is 10.1. The number of fused-ring (bicyclic) bond motifs is 1. The number of halogens is 3. The van der Waals surface area contributed by atoms with Crippen LogP contribution >= 0.6 is 34.8 Å². The van der Waals surface area contributed by atoms with Crippen LogP contribution in [-0.2, 0) is 6.61 Å². The number of hydrogen-bond acceptors (Lipinski definition) is 3. The number of rotatable bonds is 4. The zero-order valence-electron chi connectivity index (χ0n) is 15.3. The summed E-state index contributed by atoms with van der Waals surface area (Å²) in [6.07, 6.45) is 0. The highest BCUT2D eigenvalue weighted by Gasteiger charge is 2.20. The molecule has 4 aromatic rings. The maximum absolute atomic E-state index is 13.2. The molecule has 0 unspecified atom stereocenters. The van der Waals surface area contributed by atoms with E-state index < -0.39 is 0 Å². The number of ether oxygens (including phenoxy) is 1. The van der Waals surface area contributed by atoms with E-state index in [1.165, 1.54) is 0 Å². The molecule has 3 aromatic carbocycles. The van der Waals surface area contributed by atoms with Gasteiger partial charge in [-0.3, -0.25) is 4.79 Å². The fraction of sp³-hybridized carbons (Fsp3) is 0.0870. The molecular formula is C23H15Cl3O3. The Balaban J connectivity index is 1.87. The summed E-state index contributed by atoms with van der Waals surface area (Å²) >= 11 is 18.6. The van der Waals surface area contributed by atoms with Gasteiger partial charge >= 0.3 is 0 Å². The van der Waals surface area contributed by atoms with Gasteiger partial charge in [0, 0.05) is 21.2 Å². The first-order valence-corrected chi connectivity index (χ1v) is 9.96. The lowest BCUT2D eigenvalue weighted by Crippen LogP contribution is -2.10. The molecule has 0 amide bonds. The molecule has 4 rings (SSSR count). The molecule has 146 valence electrons. The van der Waals surface area contributed by atoms with Crippen molar-refractivity contribution in [3.8, 4) is 17.1 Å². The Labute approximate surface area is 182 Å². The summed E-state index contributed by atoms with van der Waals surface area (Å²) in [5, 5.41) is 1.87. The van der Waals surface area contributed by atoms with Crippen molar-refractivity contribution in [1.82, 2.24) is 0 Å². The zero-order valence-corrected chi connectivity index (χ0v) is 17.6. The average molecular weight is 446 g/mol. The highest BCUT2D eigenvalue weighted by molar-refractivity contribution is 6.35. The second-order valence-electron chi connectivity index (χ2n) is 6.59. The van der Waals surface area contributed by atoms with Gasteiger partial charge in [-0.05, 0) is 48.9 Å². The van der Waals surface area contributed by atoms with Crippen molar-refractivity contribution < 1.29 is 9.15 Å². The summed E-state index contributed by atoms with van der Waals surface area (Å²) < 4.78 is 12.0. The summed E-state index contributed by atoms with van der Waals surface area (Å²) in [4.78, 5) is 13.2. The quantitative estimate of drug-likeness (QED) is 0.330. The largest absolute Gasteiger partial charge is 0.481 e. The molecule has 0 N–H and O–H groups in total. The van der Waals surface area contributed by atoms with Gasteiger partial charge in [0.25, 0.3) is 0 Å². The Morgan fingerprint density at radius 3 is 2.48 bits per heavy atom. The third-order valence-corrected chi connectivity index (χ3v) is 5.43. The van der Waals surface area contributed by atoms with E-state index in [2.05, 4.69) is 0 Å². The lowest BCUT2D eigenvalue weighted by molar-refractivity contribution is 0.298. The van der Waals surface area contributed by atoms with Crippen LogP contribution in [0.3, 0.4) is 0 Å². The second-order valence-corrected chi connectivity index (χ2v) is 7.84. The van der Waals surface area contributed by atoms with Gasteiger partial charge in [-0.15, -0.1) is 0 Å². The molecule has 1 aromatic heterocycles. The first-order chi connectivity index (χ1) is 13.9. The average Bonchev–Trinajstić information content (AvgIpc) is 2.68. The van der Waals surface area contributed by atoms with Crippen molar-refractivity contribution in [2.24, 2.45) is 0 Å². The molecule has 0 aliphatic rings. The van der Waals surface area contributed by atoms with Crippen LogP contribution in [0.1, 0.15) is 11.1 Å². The normalized spacial score (nSPS) is 11.0. The van der Waals surface area contributed by atoms with Crippen molar-refractivity contribution in [1.29, 1.82) is 0 Å². The topological polar surface area (TPSA) is 39.4 Å². The van der Waals surface area contributed by atoms with Crippen LogP contribution in [0.15, 0.2) is 69.9 Å². The molecule has 0 saturated carbocycles. The van der Waals surface area contributed by atoms with Gasteiger partial charge in [-0.2, -0.15) is 0 Å². The van der Waals surface area contributed by atoms with Gasteiger partial charge in [0.1, 0.15) is 12.2 Å². The number of aryl methyl sites for hydroxylation is 1. The molecule has 0 bridgehead atoms. The van der Waals surface area contributed by atoms with Crippen molar-refractivity contribution >= 4 is 45.8 Å². The van der Waals surface area contributed by atoms with E-state index in [-0.39, 0.29) is 23.5 Å². The van der Waals surface area contributed by atoms with Gasteiger partial charge in [0.15, 0.2) is 5.76 Å². The van der Waals surface area contributed by atoms with Gasteiger partial charge in [0.2, 0.25) is 11.2 Å². The van der Waals surface area contributed by atoms with Crippen LogP contribution in [0.2, 0.25) is 15.1 Å². The molecule has 0 saturated heterocycles. The molecule has 0 aliphatic carbocycles. The molecule has 6 heteroatoms. The van der Waals surface area contributed by atoms with E-state index >= 15 is 0 Å². The van der Waals surface area contributed by atoms with Crippen LogP contribution in [-0.4, -0.2) is 0 Å². The van der Waals surface area contributed by atoms with Gasteiger partial charge in [-0.1, -0.05) is 59.1 Å². The van der Waals surface area contributed by atoms with Crippen LogP contribution in [0.5, 0.6) is 5.75 Å². The Morgan fingerprint density at radius 2 is 1.72 bits per heavy atom. The van der Waals surface area contributed by atoms with E-state index in [0.29, 0.717) is 37.2 Å². The lowest BCUT2D eigenvalue weighted by Gasteiger charge is -2.13. The summed E-state index contributed by atoms with van der Waals surface area (Å²) in [7, 11) is 0. The molecule has 0 atom stereocenters. The maximum Gasteiger partial charge on any atom is 0.235 e. The van der Waals surface area contributed by atoms with E-state index in [9.17, 15) is 4.79 Å². The van der Waals surface area contributed by atoms with Gasteiger partial charge < -0.3 is 9.15 Å². The molecular weight excluding hydrogens is 431 g/mol. The first-order valence-electron chi connectivity index (χ1n) is 8.83. The predicted molar refractivity (Wildman–Crippen MR) is 118 cm³/mol. The Bertz CT molecular complexity index is 1280. The highest BCUT2D eigenvalue weighted by atomic mass is 35.5. The van der Waals surface area contributed by atoms with Crippen molar-refractivity contribution in [3.63, 3.8) is 0 Å². The van der Waals surface area contributed by atoms with Crippen molar-refractivity contribution in [2.75, 3.05) is 0 Å². The molecule has 29 heavy (non-hydrogen) atoms. The van der Waals surface area contributed by atoms with E-state index in [4.69, 9.17) is 44.0 Å². The Kier molecular flexibility index (Phi) is 5.55. The summed E-state index contributed by atoms with van der Waals surface area (Å²) in [6.45, 7) is 2.01. The van der Waals surface area contributed by atoms with Gasteiger partial charge in [0.05, 0.1) is 10.4 Å². The summed E-state index contributed by atoms with van der Waals surface area (Å²) in [5.74, 6) is 0.365. The standard InChI is InChI=1S/C23H15Cl3O3/c1-13-6-9-17-20(10-13)29-22(16-4-2-3-5-18(16)25)23(21(17)27)28-12-14-7-8-15(24)11-19(14)26/h2-11H,12H2,1H3. The van der Waals surface area contributed by atoms with Crippen molar-refractivity contribution in [2.45, 2.75) is 13.5 Å². The van der Waals surface area contributed by atoms with Crippen LogP contribution in [0, 0.1) is 6.92 Å². The fourth-order valence-electron chi connectivity index (χ4n) is 3.03. The van der Waals surface area contributed by atoms with E-state index in [1.807, 2.05) is 31.2 Å². The van der Waals surface area contributed by atoms with Crippen molar-refractivity contribution in [3.05, 3.63) is 97.1 Å². The van der Waals surface area contributed by atoms with Crippen LogP contribution < -0.4 is 10.2 Å². The summed E-state index contributed by atoms with van der Waals surface area (Å²) in [5.41, 5.74) is 2.46. The van der Waals surface area contributed by atoms with Crippen LogP contribution in [0.25, 0.3) is 22.3 Å². The minimum atomic E-state index is -0.272. The monoisotopic (exact) mass is 444 g/mol. The second kappa shape index (κ2) is 8.11. The fourth-order valence-corrected chi connectivity index (χ4v) is 3.71. The van der Waals surface area contributed by atoms with E-state index in [1.54, 1.807) is 36.4 Å². The smallest absolute Gasteiger partial charge is 0.235 e. The molecule has 1 heterocycles. The van der Waals surface area contributed by atoms with E-state index in [0.717, 1.165) is 5.56 Å². The third kappa shape index (κ3) is 3.99. The molecule has 0 spiro atoms. The maximum atomic E-state index is 13.2. The third-order valence-electron chi connectivity index (χ3n) is 4.51. The predicted octanol–water partition coefficient (Wildman–Crippen LogP) is 7.31. The SMILES string of the molecule is Cc1ccc2c(=O)c(OCc3ccc(Cl)cc3Cl)c(-c3ccccc3Cl)oc2c1. The highest BCUT2D eigenvalue weighted by Crippen LogP contribution is 2.36. The number of benzene rings is 3. The first kappa shape index (κ1) is 19.8. The summed E-state index contributed by atoms with van der Waals surface area (Å²) in [6, 6.07) is 17.6. The minimum absolute atomic E-state index is 0.0790. The minimum Gasteiger partial charge on any atom is -0.481 e. The molecule has 0 radical (unpaired) electrons. The molecule has 0 aliphatic heterocycles.